The highest BCUT2D eigenvalue weighted by Crippen LogP contribution is 2.22. The van der Waals surface area contributed by atoms with Gasteiger partial charge in [-0.2, -0.15) is 4.31 Å². The molecule has 158 valence electrons. The van der Waals surface area contributed by atoms with Gasteiger partial charge in [-0.25, -0.2) is 8.42 Å². The molecule has 0 aromatic heterocycles. The summed E-state index contributed by atoms with van der Waals surface area (Å²) in [5.41, 5.74) is 1.93. The molecule has 4 rings (SSSR count). The Kier molecular flexibility index (Phi) is 5.87. The van der Waals surface area contributed by atoms with Gasteiger partial charge in [0.25, 0.3) is 5.91 Å². The zero-order chi connectivity index (χ0) is 21.1. The van der Waals surface area contributed by atoms with Crippen LogP contribution in [0.25, 0.3) is 0 Å². The summed E-state index contributed by atoms with van der Waals surface area (Å²) in [5.74, 6) is -0.131. The zero-order valence-electron chi connectivity index (χ0n) is 16.7. The fourth-order valence-electron chi connectivity index (χ4n) is 3.89. The topological polar surface area (TPSA) is 86.8 Å². The molecule has 30 heavy (non-hydrogen) atoms. The molecule has 2 aliphatic rings. The van der Waals surface area contributed by atoms with Crippen LogP contribution < -0.4 is 5.32 Å². The van der Waals surface area contributed by atoms with Crippen molar-refractivity contribution in [2.75, 3.05) is 25.0 Å². The average Bonchev–Trinajstić information content (AvgIpc) is 3.42. The Balaban J connectivity index is 1.42. The Bertz CT molecular complexity index is 1040. The zero-order valence-corrected chi connectivity index (χ0v) is 17.5. The van der Waals surface area contributed by atoms with E-state index in [2.05, 4.69) is 5.32 Å². The van der Waals surface area contributed by atoms with Gasteiger partial charge in [0, 0.05) is 43.9 Å². The van der Waals surface area contributed by atoms with Gasteiger partial charge in [-0.05, 0) is 61.2 Å². The summed E-state index contributed by atoms with van der Waals surface area (Å²) in [6, 6.07) is 13.5. The smallest absolute Gasteiger partial charge is 0.255 e. The number of sulfonamides is 1. The van der Waals surface area contributed by atoms with Crippen LogP contribution >= 0.6 is 0 Å². The first-order chi connectivity index (χ1) is 14.4. The molecule has 2 amide bonds. The minimum Gasteiger partial charge on any atom is -0.338 e. The summed E-state index contributed by atoms with van der Waals surface area (Å²) in [6.07, 6.45) is 3.24. The number of carbonyl (C=O) groups excluding carboxylic acids is 2. The number of likely N-dealkylation sites (tertiary alicyclic amines) is 1. The molecule has 2 saturated heterocycles. The average molecular weight is 428 g/mol. The van der Waals surface area contributed by atoms with Crippen LogP contribution in [0, 0.1) is 0 Å². The second-order valence-electron chi connectivity index (χ2n) is 7.71. The molecule has 2 fully saturated rings. The van der Waals surface area contributed by atoms with E-state index < -0.39 is 10.0 Å². The fraction of sp³-hybridized carbons (Fsp3) is 0.364. The van der Waals surface area contributed by atoms with Gasteiger partial charge in [-0.15, -0.1) is 0 Å². The van der Waals surface area contributed by atoms with Gasteiger partial charge in [0.05, 0.1) is 4.90 Å². The molecular weight excluding hydrogens is 402 g/mol. The summed E-state index contributed by atoms with van der Waals surface area (Å²) in [4.78, 5) is 26.5. The van der Waals surface area contributed by atoms with Crippen molar-refractivity contribution < 1.29 is 18.0 Å². The molecule has 8 heteroatoms. The number of amides is 2. The van der Waals surface area contributed by atoms with Gasteiger partial charge in [-0.3, -0.25) is 9.59 Å². The Morgan fingerprint density at radius 2 is 1.70 bits per heavy atom. The van der Waals surface area contributed by atoms with Crippen LogP contribution in [0.4, 0.5) is 5.69 Å². The van der Waals surface area contributed by atoms with Crippen molar-refractivity contribution >= 4 is 27.5 Å². The lowest BCUT2D eigenvalue weighted by molar-refractivity contribution is -0.128. The van der Waals surface area contributed by atoms with Gasteiger partial charge in [-0.1, -0.05) is 12.1 Å². The summed E-state index contributed by atoms with van der Waals surface area (Å²) in [6.45, 7) is 2.37. The van der Waals surface area contributed by atoms with Crippen molar-refractivity contribution in [3.63, 3.8) is 0 Å². The molecular formula is C22H25N3O4S. The molecule has 0 radical (unpaired) electrons. The second kappa shape index (κ2) is 8.57. The lowest BCUT2D eigenvalue weighted by Crippen LogP contribution is -2.27. The molecule has 0 aliphatic carbocycles. The maximum atomic E-state index is 12.6. The van der Waals surface area contributed by atoms with Gasteiger partial charge < -0.3 is 10.2 Å². The summed E-state index contributed by atoms with van der Waals surface area (Å²) in [5, 5.41) is 2.81. The standard InChI is InChI=1S/C22H25N3O4S/c26-21-7-4-12-24(21)16-17-5-3-6-18(15-17)22(27)23-19-8-10-20(11-9-19)30(28,29)25-13-1-2-14-25/h3,5-6,8-11,15H,1-2,4,7,12-14,16H2,(H,23,27). The van der Waals surface area contributed by atoms with E-state index in [1.165, 1.54) is 16.4 Å². The molecule has 0 bridgehead atoms. The Labute approximate surface area is 176 Å². The Hall–Kier alpha value is -2.71. The van der Waals surface area contributed by atoms with Gasteiger partial charge in [0.15, 0.2) is 0 Å². The van der Waals surface area contributed by atoms with E-state index in [1.807, 2.05) is 6.07 Å². The molecule has 0 unspecified atom stereocenters. The maximum Gasteiger partial charge on any atom is 0.255 e. The van der Waals surface area contributed by atoms with Crippen molar-refractivity contribution in [1.82, 2.24) is 9.21 Å². The van der Waals surface area contributed by atoms with Gasteiger partial charge in [0.2, 0.25) is 15.9 Å². The van der Waals surface area contributed by atoms with E-state index in [1.54, 1.807) is 35.2 Å². The van der Waals surface area contributed by atoms with E-state index in [0.717, 1.165) is 31.4 Å². The summed E-state index contributed by atoms with van der Waals surface area (Å²) < 4.78 is 26.7. The second-order valence-corrected chi connectivity index (χ2v) is 9.65. The normalized spacial score (nSPS) is 17.5. The molecule has 2 aromatic rings. The molecule has 0 spiro atoms. The van der Waals surface area contributed by atoms with Crippen molar-refractivity contribution in [2.45, 2.75) is 37.1 Å². The van der Waals surface area contributed by atoms with Crippen molar-refractivity contribution in [2.24, 2.45) is 0 Å². The van der Waals surface area contributed by atoms with Crippen LogP contribution in [0.3, 0.4) is 0 Å². The lowest BCUT2D eigenvalue weighted by atomic mass is 10.1. The first kappa shape index (κ1) is 20.6. The number of benzene rings is 2. The minimum absolute atomic E-state index is 0.147. The van der Waals surface area contributed by atoms with E-state index in [4.69, 9.17) is 0 Å². The van der Waals surface area contributed by atoms with Crippen LogP contribution in [0.15, 0.2) is 53.4 Å². The van der Waals surface area contributed by atoms with Crippen LogP contribution in [0.1, 0.15) is 41.6 Å². The number of carbonyl (C=O) groups is 2. The monoisotopic (exact) mass is 427 g/mol. The van der Waals surface area contributed by atoms with Crippen LogP contribution in [-0.4, -0.2) is 49.1 Å². The number of nitrogens with zero attached hydrogens (tertiary/aromatic N) is 2. The molecule has 2 heterocycles. The number of anilines is 1. The Morgan fingerprint density at radius 1 is 0.967 bits per heavy atom. The number of hydrogen-bond donors (Lipinski definition) is 1. The van der Waals surface area contributed by atoms with E-state index in [-0.39, 0.29) is 16.7 Å². The lowest BCUT2D eigenvalue weighted by Gasteiger charge is -2.16. The van der Waals surface area contributed by atoms with Gasteiger partial charge in [0.1, 0.15) is 0 Å². The largest absolute Gasteiger partial charge is 0.338 e. The van der Waals surface area contributed by atoms with E-state index in [9.17, 15) is 18.0 Å². The first-order valence-corrected chi connectivity index (χ1v) is 11.7. The molecule has 1 N–H and O–H groups in total. The van der Waals surface area contributed by atoms with Crippen molar-refractivity contribution in [3.8, 4) is 0 Å². The SMILES string of the molecule is O=C(Nc1ccc(S(=O)(=O)N2CCCC2)cc1)c1cccc(CN2CCCC2=O)c1. The molecule has 0 saturated carbocycles. The summed E-state index contributed by atoms with van der Waals surface area (Å²) >= 11 is 0. The van der Waals surface area contributed by atoms with E-state index >= 15 is 0 Å². The molecule has 2 aromatic carbocycles. The number of rotatable bonds is 6. The molecule has 7 nitrogen and oxygen atoms in total. The first-order valence-electron chi connectivity index (χ1n) is 10.2. The molecule has 0 atom stereocenters. The van der Waals surface area contributed by atoms with E-state index in [0.29, 0.717) is 37.3 Å². The quantitative estimate of drug-likeness (QED) is 0.768. The predicted molar refractivity (Wildman–Crippen MR) is 113 cm³/mol. The third kappa shape index (κ3) is 4.39. The van der Waals surface area contributed by atoms with Crippen LogP contribution in [0.5, 0.6) is 0 Å². The highest BCUT2D eigenvalue weighted by atomic mass is 32.2. The third-order valence-electron chi connectivity index (χ3n) is 5.55. The number of hydrogen-bond acceptors (Lipinski definition) is 4. The molecule has 2 aliphatic heterocycles. The third-order valence-corrected chi connectivity index (χ3v) is 7.46. The highest BCUT2D eigenvalue weighted by Gasteiger charge is 2.27. The fourth-order valence-corrected chi connectivity index (χ4v) is 5.41. The van der Waals surface area contributed by atoms with Crippen LogP contribution in [-0.2, 0) is 21.4 Å². The predicted octanol–water partition coefficient (Wildman–Crippen LogP) is 2.85. The number of nitrogens with one attached hydrogen (secondary N) is 1. The van der Waals surface area contributed by atoms with Crippen molar-refractivity contribution in [3.05, 3.63) is 59.7 Å². The summed E-state index contributed by atoms with van der Waals surface area (Å²) in [7, 11) is -3.47. The minimum atomic E-state index is -3.47. The maximum absolute atomic E-state index is 12.6. The van der Waals surface area contributed by atoms with Crippen molar-refractivity contribution in [1.29, 1.82) is 0 Å². The van der Waals surface area contributed by atoms with Gasteiger partial charge >= 0.3 is 0 Å². The Morgan fingerprint density at radius 3 is 2.37 bits per heavy atom. The van der Waals surface area contributed by atoms with Crippen LogP contribution in [0.2, 0.25) is 0 Å². The highest BCUT2D eigenvalue weighted by molar-refractivity contribution is 7.89.